The van der Waals surface area contributed by atoms with Gasteiger partial charge in [-0.3, -0.25) is 10.1 Å². The van der Waals surface area contributed by atoms with Crippen molar-refractivity contribution in [3.05, 3.63) is 78.7 Å². The van der Waals surface area contributed by atoms with Crippen LogP contribution < -0.4 is 5.32 Å². The molecule has 0 aliphatic carbocycles. The topological polar surface area (TPSA) is 81.5 Å². The highest BCUT2D eigenvalue weighted by Gasteiger charge is 2.42. The second-order valence-electron chi connectivity index (χ2n) is 6.40. The molecular weight excluding hydrogens is 480 g/mol. The van der Waals surface area contributed by atoms with Crippen molar-refractivity contribution in [2.24, 2.45) is 0 Å². The standard InChI is InChI=1S/C19H18Br2N2O4/c20-14-5-1-12(2-6-14)9-17(23(25)26)18-19(27-16(11-24)10-22-18)13-3-7-15(21)8-4-13/h1-8,11,16-19,22H,9-10H2/t16-,17+,18-,19?/m1/s1. The quantitative estimate of drug-likeness (QED) is 0.374. The lowest BCUT2D eigenvalue weighted by Crippen LogP contribution is -2.56. The second kappa shape index (κ2) is 9.05. The number of hydrogen-bond acceptors (Lipinski definition) is 5. The lowest BCUT2D eigenvalue weighted by molar-refractivity contribution is -0.530. The van der Waals surface area contributed by atoms with Gasteiger partial charge in [-0.2, -0.15) is 0 Å². The molecule has 1 aliphatic heterocycles. The first-order chi connectivity index (χ1) is 13.0. The van der Waals surface area contributed by atoms with Crippen LogP contribution in [0.2, 0.25) is 0 Å². The normalized spacial score (nSPS) is 23.6. The zero-order chi connectivity index (χ0) is 19.4. The largest absolute Gasteiger partial charge is 0.360 e. The van der Waals surface area contributed by atoms with Gasteiger partial charge in [0.15, 0.2) is 0 Å². The van der Waals surface area contributed by atoms with Crippen LogP contribution in [0.25, 0.3) is 0 Å². The van der Waals surface area contributed by atoms with Gasteiger partial charge in [0, 0.05) is 26.8 Å². The molecule has 27 heavy (non-hydrogen) atoms. The van der Waals surface area contributed by atoms with Crippen molar-refractivity contribution in [2.45, 2.75) is 30.7 Å². The Hall–Kier alpha value is -1.61. The van der Waals surface area contributed by atoms with E-state index in [9.17, 15) is 14.9 Å². The molecule has 1 heterocycles. The second-order valence-corrected chi connectivity index (χ2v) is 8.23. The molecule has 1 unspecified atom stereocenters. The van der Waals surface area contributed by atoms with Crippen molar-refractivity contribution in [3.63, 3.8) is 0 Å². The smallest absolute Gasteiger partial charge is 0.235 e. The average Bonchev–Trinajstić information content (AvgIpc) is 2.67. The first kappa shape index (κ1) is 20.1. The van der Waals surface area contributed by atoms with E-state index in [1.54, 1.807) is 0 Å². The summed E-state index contributed by atoms with van der Waals surface area (Å²) in [5.74, 6) is 0. The summed E-state index contributed by atoms with van der Waals surface area (Å²) < 4.78 is 7.73. The molecule has 2 aromatic rings. The minimum absolute atomic E-state index is 0.256. The third-order valence-corrected chi connectivity index (χ3v) is 5.65. The molecule has 0 aromatic heterocycles. The number of aldehydes is 1. The molecular formula is C19H18Br2N2O4. The number of hydrogen-bond donors (Lipinski definition) is 1. The summed E-state index contributed by atoms with van der Waals surface area (Å²) in [5.41, 5.74) is 1.67. The summed E-state index contributed by atoms with van der Waals surface area (Å²) >= 11 is 6.76. The van der Waals surface area contributed by atoms with Gasteiger partial charge in [-0.1, -0.05) is 56.1 Å². The molecule has 142 valence electrons. The number of halogens is 2. The number of carbonyl (C=O) groups is 1. The zero-order valence-electron chi connectivity index (χ0n) is 14.3. The Kier molecular flexibility index (Phi) is 6.75. The summed E-state index contributed by atoms with van der Waals surface area (Å²) in [6, 6.07) is 13.4. The van der Waals surface area contributed by atoms with Crippen LogP contribution in [0, 0.1) is 10.1 Å². The molecule has 0 radical (unpaired) electrons. The molecule has 0 spiro atoms. The Morgan fingerprint density at radius 2 is 1.74 bits per heavy atom. The van der Waals surface area contributed by atoms with E-state index in [0.29, 0.717) is 0 Å². The maximum Gasteiger partial charge on any atom is 0.235 e. The van der Waals surface area contributed by atoms with Crippen molar-refractivity contribution in [3.8, 4) is 0 Å². The number of carbonyl (C=O) groups excluding carboxylic acids is 1. The SMILES string of the molecule is O=C[C@H]1CN[C@H]([C@H](Cc2ccc(Br)cc2)[N+](=O)[O-])C(c2ccc(Br)cc2)O1. The lowest BCUT2D eigenvalue weighted by Gasteiger charge is -2.37. The van der Waals surface area contributed by atoms with Crippen LogP contribution in [0.1, 0.15) is 17.2 Å². The summed E-state index contributed by atoms with van der Waals surface area (Å²) in [5, 5.41) is 15.1. The Labute approximate surface area is 173 Å². The predicted octanol–water partition coefficient (Wildman–Crippen LogP) is 3.70. The summed E-state index contributed by atoms with van der Waals surface area (Å²) in [7, 11) is 0. The molecule has 1 N–H and O–H groups in total. The molecule has 4 atom stereocenters. The van der Waals surface area contributed by atoms with Crippen LogP contribution in [0.3, 0.4) is 0 Å². The van der Waals surface area contributed by atoms with Gasteiger partial charge in [-0.25, -0.2) is 0 Å². The molecule has 3 rings (SSSR count). The monoisotopic (exact) mass is 496 g/mol. The van der Waals surface area contributed by atoms with Gasteiger partial charge < -0.3 is 14.8 Å². The molecule has 1 aliphatic rings. The maximum absolute atomic E-state index is 11.9. The van der Waals surface area contributed by atoms with E-state index >= 15 is 0 Å². The van der Waals surface area contributed by atoms with Gasteiger partial charge in [-0.15, -0.1) is 0 Å². The molecule has 0 bridgehead atoms. The van der Waals surface area contributed by atoms with E-state index in [-0.39, 0.29) is 17.9 Å². The lowest BCUT2D eigenvalue weighted by atomic mass is 9.90. The Morgan fingerprint density at radius 1 is 1.15 bits per heavy atom. The molecule has 6 nitrogen and oxygen atoms in total. The zero-order valence-corrected chi connectivity index (χ0v) is 17.4. The average molecular weight is 498 g/mol. The van der Waals surface area contributed by atoms with E-state index in [1.807, 2.05) is 48.5 Å². The number of ether oxygens (including phenoxy) is 1. The molecule has 0 amide bonds. The minimum Gasteiger partial charge on any atom is -0.360 e. The van der Waals surface area contributed by atoms with E-state index < -0.39 is 24.3 Å². The van der Waals surface area contributed by atoms with Gasteiger partial charge in [0.1, 0.15) is 24.5 Å². The number of benzene rings is 2. The number of nitro groups is 1. The summed E-state index contributed by atoms with van der Waals surface area (Å²) in [6.07, 6.45) is -0.228. The van der Waals surface area contributed by atoms with Gasteiger partial charge >= 0.3 is 0 Å². The van der Waals surface area contributed by atoms with Crippen LogP contribution in [0.5, 0.6) is 0 Å². The van der Waals surface area contributed by atoms with Gasteiger partial charge in [0.05, 0.1) is 0 Å². The van der Waals surface area contributed by atoms with Gasteiger partial charge in [0.2, 0.25) is 6.04 Å². The van der Waals surface area contributed by atoms with Crippen molar-refractivity contribution in [1.82, 2.24) is 5.32 Å². The number of nitrogens with one attached hydrogen (secondary N) is 1. The van der Waals surface area contributed by atoms with Crippen LogP contribution in [0.4, 0.5) is 0 Å². The highest BCUT2D eigenvalue weighted by molar-refractivity contribution is 9.10. The highest BCUT2D eigenvalue weighted by Crippen LogP contribution is 2.30. The number of nitrogens with zero attached hydrogens (tertiary/aromatic N) is 1. The molecule has 2 aromatic carbocycles. The fourth-order valence-electron chi connectivity index (χ4n) is 3.23. The minimum atomic E-state index is -0.896. The van der Waals surface area contributed by atoms with Crippen LogP contribution in [-0.2, 0) is 16.0 Å². The van der Waals surface area contributed by atoms with Crippen molar-refractivity contribution in [1.29, 1.82) is 0 Å². The predicted molar refractivity (Wildman–Crippen MR) is 108 cm³/mol. The van der Waals surface area contributed by atoms with Crippen LogP contribution in [0.15, 0.2) is 57.5 Å². The first-order valence-corrected chi connectivity index (χ1v) is 10.0. The third kappa shape index (κ3) is 5.01. The van der Waals surface area contributed by atoms with Gasteiger partial charge in [-0.05, 0) is 35.4 Å². The van der Waals surface area contributed by atoms with Crippen molar-refractivity contribution >= 4 is 38.1 Å². The van der Waals surface area contributed by atoms with Crippen LogP contribution >= 0.6 is 31.9 Å². The van der Waals surface area contributed by atoms with E-state index in [2.05, 4.69) is 37.2 Å². The van der Waals surface area contributed by atoms with Crippen LogP contribution in [-0.4, -0.2) is 35.9 Å². The number of rotatable bonds is 6. The fourth-order valence-corrected chi connectivity index (χ4v) is 3.76. The Balaban J connectivity index is 1.89. The summed E-state index contributed by atoms with van der Waals surface area (Å²) in [4.78, 5) is 22.8. The molecule has 1 fully saturated rings. The summed E-state index contributed by atoms with van der Waals surface area (Å²) in [6.45, 7) is 0.256. The van der Waals surface area contributed by atoms with Gasteiger partial charge in [0.25, 0.3) is 0 Å². The molecule has 8 heteroatoms. The van der Waals surface area contributed by atoms with Crippen molar-refractivity contribution in [2.75, 3.05) is 6.54 Å². The third-order valence-electron chi connectivity index (χ3n) is 4.60. The van der Waals surface area contributed by atoms with E-state index in [4.69, 9.17) is 4.74 Å². The Bertz CT molecular complexity index is 798. The van der Waals surface area contributed by atoms with Crippen molar-refractivity contribution < 1.29 is 14.5 Å². The fraction of sp³-hybridized carbons (Fsp3) is 0.316. The van der Waals surface area contributed by atoms with E-state index in [1.165, 1.54) is 0 Å². The first-order valence-electron chi connectivity index (χ1n) is 8.45. The maximum atomic E-state index is 11.9. The highest BCUT2D eigenvalue weighted by atomic mass is 79.9. The molecule has 0 saturated carbocycles. The molecule has 1 saturated heterocycles. The Morgan fingerprint density at radius 3 is 2.30 bits per heavy atom. The van der Waals surface area contributed by atoms with E-state index in [0.717, 1.165) is 26.4 Å². The number of morpholine rings is 1.